The number of oxazole rings is 1. The first-order valence-electron chi connectivity index (χ1n) is 15.0. The van der Waals surface area contributed by atoms with Crippen LogP contribution in [0.3, 0.4) is 0 Å². The van der Waals surface area contributed by atoms with Gasteiger partial charge in [0, 0.05) is 50.7 Å². The van der Waals surface area contributed by atoms with Crippen molar-refractivity contribution < 1.29 is 23.5 Å². The molecular formula is C32H38N6O5. The number of fused-ring (bicyclic) bond motifs is 1. The van der Waals surface area contributed by atoms with E-state index in [0.29, 0.717) is 55.6 Å². The largest absolute Gasteiger partial charge is 0.493 e. The minimum atomic E-state index is -0.448. The van der Waals surface area contributed by atoms with Crippen molar-refractivity contribution >= 4 is 23.1 Å². The summed E-state index contributed by atoms with van der Waals surface area (Å²) < 4.78 is 18.7. The Labute approximate surface area is 250 Å². The van der Waals surface area contributed by atoms with Crippen molar-refractivity contribution in [3.63, 3.8) is 0 Å². The number of aryl methyl sites for hydroxylation is 1. The summed E-state index contributed by atoms with van der Waals surface area (Å²) in [5.41, 5.74) is 3.61. The molecule has 3 heterocycles. The predicted molar refractivity (Wildman–Crippen MR) is 161 cm³/mol. The number of amides is 2. The van der Waals surface area contributed by atoms with Gasteiger partial charge in [-0.1, -0.05) is 43.2 Å². The number of imidazole rings is 1. The van der Waals surface area contributed by atoms with Crippen molar-refractivity contribution in [1.29, 1.82) is 0 Å². The highest BCUT2D eigenvalue weighted by atomic mass is 16.5. The lowest BCUT2D eigenvalue weighted by molar-refractivity contribution is 0.0601. The Morgan fingerprint density at radius 1 is 1.14 bits per heavy atom. The number of benzene rings is 2. The molecule has 2 aromatic carbocycles. The molecule has 0 unspecified atom stereocenters. The van der Waals surface area contributed by atoms with E-state index in [1.807, 2.05) is 60.4 Å². The Morgan fingerprint density at radius 2 is 1.98 bits per heavy atom. The summed E-state index contributed by atoms with van der Waals surface area (Å²) in [5.74, 6) is 1.22. The van der Waals surface area contributed by atoms with E-state index < -0.39 is 6.09 Å². The maximum atomic E-state index is 14.3. The first-order chi connectivity index (χ1) is 21.0. The number of carbonyl (C=O) groups is 2. The molecule has 2 aromatic heterocycles. The van der Waals surface area contributed by atoms with Gasteiger partial charge in [0.15, 0.2) is 17.2 Å². The van der Waals surface area contributed by atoms with Gasteiger partial charge in [-0.3, -0.25) is 4.79 Å². The van der Waals surface area contributed by atoms with Crippen LogP contribution in [0.25, 0.3) is 22.4 Å². The number of hydrogen-bond donors (Lipinski definition) is 2. The summed E-state index contributed by atoms with van der Waals surface area (Å²) in [4.78, 5) is 37.4. The molecule has 1 aliphatic carbocycles. The average Bonchev–Trinajstić information content (AvgIpc) is 3.64. The van der Waals surface area contributed by atoms with Gasteiger partial charge >= 0.3 is 6.09 Å². The molecule has 2 amide bonds. The molecule has 4 aromatic rings. The summed E-state index contributed by atoms with van der Waals surface area (Å²) in [6.07, 6.45) is 5.71. The normalized spacial score (nSPS) is 20.6. The van der Waals surface area contributed by atoms with Crippen LogP contribution >= 0.6 is 0 Å². The number of hydrogen-bond acceptors (Lipinski definition) is 8. The van der Waals surface area contributed by atoms with E-state index in [0.717, 1.165) is 42.5 Å². The second-order valence-corrected chi connectivity index (χ2v) is 11.2. The van der Waals surface area contributed by atoms with E-state index in [1.54, 1.807) is 6.33 Å². The molecule has 1 aliphatic heterocycles. The average molecular weight is 587 g/mol. The minimum Gasteiger partial charge on any atom is -0.493 e. The fourth-order valence-electron chi connectivity index (χ4n) is 6.32. The Bertz CT molecular complexity index is 1570. The van der Waals surface area contributed by atoms with Crippen molar-refractivity contribution in [3.05, 3.63) is 66.4 Å². The lowest BCUT2D eigenvalue weighted by atomic mass is 9.89. The third-order valence-corrected chi connectivity index (χ3v) is 8.42. The second-order valence-electron chi connectivity index (χ2n) is 11.2. The smallest absolute Gasteiger partial charge is 0.407 e. The standard InChI is InChI=1S/C32H38N6O5/c1-21-35-26-13-12-24(18-28(26)43-21)42-17-14-23-19-33-15-16-37(23)31(39)29-30(22-8-4-3-5-9-22)38(20-34-29)27-11-7-6-10-25(27)36-32(40)41-2/h3-5,8-9,12-13,18,20,23,25,27,33H,6-7,10-11,14-17,19H2,1-2H3,(H,36,40)/t23-,25+,27+/m1/s1. The molecule has 0 bridgehead atoms. The number of methoxy groups -OCH3 is 1. The third-order valence-electron chi connectivity index (χ3n) is 8.42. The molecule has 3 atom stereocenters. The van der Waals surface area contributed by atoms with Crippen molar-refractivity contribution in [2.24, 2.45) is 0 Å². The summed E-state index contributed by atoms with van der Waals surface area (Å²) in [5, 5.41) is 6.44. The van der Waals surface area contributed by atoms with Crippen LogP contribution < -0.4 is 15.4 Å². The van der Waals surface area contributed by atoms with Crippen molar-refractivity contribution in [3.8, 4) is 17.0 Å². The van der Waals surface area contributed by atoms with E-state index >= 15 is 0 Å². The van der Waals surface area contributed by atoms with Crippen LogP contribution in [-0.2, 0) is 4.74 Å². The zero-order valence-electron chi connectivity index (χ0n) is 24.6. The Morgan fingerprint density at radius 3 is 2.81 bits per heavy atom. The molecule has 11 nitrogen and oxygen atoms in total. The lowest BCUT2D eigenvalue weighted by Crippen LogP contribution is -2.54. The predicted octanol–water partition coefficient (Wildman–Crippen LogP) is 4.72. The van der Waals surface area contributed by atoms with Gasteiger partial charge in [-0.2, -0.15) is 0 Å². The number of rotatable bonds is 8. The van der Waals surface area contributed by atoms with Gasteiger partial charge in [-0.05, 0) is 25.0 Å². The van der Waals surface area contributed by atoms with Gasteiger partial charge in [0.25, 0.3) is 5.91 Å². The number of piperazine rings is 1. The van der Waals surface area contributed by atoms with Crippen LogP contribution in [0.1, 0.15) is 54.5 Å². The second kappa shape index (κ2) is 12.9. The van der Waals surface area contributed by atoms with Gasteiger partial charge < -0.3 is 34.0 Å². The first-order valence-corrected chi connectivity index (χ1v) is 15.0. The molecule has 226 valence electrons. The number of carbonyl (C=O) groups excluding carboxylic acids is 2. The molecule has 2 aliphatic rings. The first kappa shape index (κ1) is 28.7. The fourth-order valence-corrected chi connectivity index (χ4v) is 6.32. The summed E-state index contributed by atoms with van der Waals surface area (Å²) in [6, 6.07) is 15.3. The molecule has 2 N–H and O–H groups in total. The van der Waals surface area contributed by atoms with Gasteiger partial charge in [-0.25, -0.2) is 14.8 Å². The number of nitrogens with zero attached hydrogens (tertiary/aromatic N) is 4. The quantitative estimate of drug-likeness (QED) is 0.304. The zero-order valence-corrected chi connectivity index (χ0v) is 24.6. The molecule has 6 rings (SSSR count). The summed E-state index contributed by atoms with van der Waals surface area (Å²) >= 11 is 0. The minimum absolute atomic E-state index is 0.0465. The Balaban J connectivity index is 1.23. The summed E-state index contributed by atoms with van der Waals surface area (Å²) in [7, 11) is 1.38. The maximum absolute atomic E-state index is 14.3. The number of ether oxygens (including phenoxy) is 2. The zero-order chi connectivity index (χ0) is 29.8. The highest BCUT2D eigenvalue weighted by molar-refractivity contribution is 5.98. The van der Waals surface area contributed by atoms with Crippen molar-refractivity contribution in [2.45, 2.75) is 57.2 Å². The van der Waals surface area contributed by atoms with Crippen LogP contribution in [-0.4, -0.2) is 76.9 Å². The van der Waals surface area contributed by atoms with Gasteiger partial charge in [0.1, 0.15) is 11.3 Å². The molecule has 0 spiro atoms. The topological polar surface area (TPSA) is 124 Å². The van der Waals surface area contributed by atoms with Crippen molar-refractivity contribution in [2.75, 3.05) is 33.4 Å². The molecule has 2 fully saturated rings. The van der Waals surface area contributed by atoms with E-state index in [9.17, 15) is 9.59 Å². The molecule has 43 heavy (non-hydrogen) atoms. The monoisotopic (exact) mass is 586 g/mol. The number of alkyl carbamates (subject to hydrolysis) is 1. The van der Waals surface area contributed by atoms with Crippen LogP contribution in [0.4, 0.5) is 4.79 Å². The number of nitrogens with one attached hydrogen (secondary N) is 2. The molecule has 1 saturated carbocycles. The van der Waals surface area contributed by atoms with Crippen LogP contribution in [0.15, 0.2) is 59.3 Å². The van der Waals surface area contributed by atoms with E-state index in [-0.39, 0.29) is 24.0 Å². The van der Waals surface area contributed by atoms with E-state index in [2.05, 4.69) is 20.2 Å². The SMILES string of the molecule is COC(=O)N[C@H]1CCCC[C@@H]1n1cnc(C(=O)N2CCNC[C@H]2CCOc2ccc3nc(C)oc3c2)c1-c1ccccc1. The highest BCUT2D eigenvalue weighted by Gasteiger charge is 2.35. The molecular weight excluding hydrogens is 548 g/mol. The van der Waals surface area contributed by atoms with Crippen LogP contribution in [0.5, 0.6) is 5.75 Å². The van der Waals surface area contributed by atoms with E-state index in [1.165, 1.54) is 7.11 Å². The molecule has 0 radical (unpaired) electrons. The Kier molecular flexibility index (Phi) is 8.59. The van der Waals surface area contributed by atoms with Crippen LogP contribution in [0, 0.1) is 6.92 Å². The molecule has 1 saturated heterocycles. The third kappa shape index (κ3) is 6.22. The lowest BCUT2D eigenvalue weighted by Gasteiger charge is -2.36. The number of aromatic nitrogens is 3. The highest BCUT2D eigenvalue weighted by Crippen LogP contribution is 2.35. The van der Waals surface area contributed by atoms with Gasteiger partial charge in [0.2, 0.25) is 0 Å². The van der Waals surface area contributed by atoms with Crippen molar-refractivity contribution in [1.82, 2.24) is 30.1 Å². The Hall–Kier alpha value is -4.38. The van der Waals surface area contributed by atoms with E-state index in [4.69, 9.17) is 18.9 Å². The molecule has 11 heteroatoms. The summed E-state index contributed by atoms with van der Waals surface area (Å²) in [6.45, 7) is 4.22. The fraction of sp³-hybridized carbons (Fsp3) is 0.438. The van der Waals surface area contributed by atoms with Crippen LogP contribution in [0.2, 0.25) is 0 Å². The van der Waals surface area contributed by atoms with Gasteiger partial charge in [0.05, 0.1) is 37.8 Å². The van der Waals surface area contributed by atoms with Gasteiger partial charge in [-0.15, -0.1) is 0 Å². The maximum Gasteiger partial charge on any atom is 0.407 e.